The molecule has 0 heterocycles. The number of hydrogen-bond donors (Lipinski definition) is 0. The summed E-state index contributed by atoms with van der Waals surface area (Å²) in [6.07, 6.45) is 0.416. The van der Waals surface area contributed by atoms with Crippen LogP contribution in [0, 0.1) is 0 Å². The maximum atomic E-state index is 11.7. The fourth-order valence-electron chi connectivity index (χ4n) is 1.44. The number of benzene rings is 1. The molecule has 0 bridgehead atoms. The van der Waals surface area contributed by atoms with Crippen molar-refractivity contribution < 1.29 is 14.3 Å². The summed E-state index contributed by atoms with van der Waals surface area (Å²) in [6.45, 7) is 7.55. The maximum absolute atomic E-state index is 11.7. The molecule has 0 atom stereocenters. The lowest BCUT2D eigenvalue weighted by atomic mass is 10.1. The molecule has 0 aliphatic heterocycles. The van der Waals surface area contributed by atoms with Crippen LogP contribution in [0.25, 0.3) is 0 Å². The second-order valence-electron chi connectivity index (χ2n) is 5.11. The first-order valence-electron chi connectivity index (χ1n) is 6.29. The molecular weight excluding hydrogens is 228 g/mol. The predicted octanol–water partition coefficient (Wildman–Crippen LogP) is 3.09. The average molecular weight is 250 g/mol. The minimum absolute atomic E-state index is 0.118. The fourth-order valence-corrected chi connectivity index (χ4v) is 1.44. The van der Waals surface area contributed by atoms with E-state index in [1.54, 1.807) is 0 Å². The van der Waals surface area contributed by atoms with Crippen LogP contribution in [0.3, 0.4) is 0 Å². The molecule has 1 aromatic carbocycles. The normalized spacial score (nSPS) is 11.5. The summed E-state index contributed by atoms with van der Waals surface area (Å²) in [6, 6.07) is 9.28. The number of carbonyl (C=O) groups is 1. The van der Waals surface area contributed by atoms with Crippen molar-refractivity contribution >= 4 is 5.78 Å². The molecule has 0 radical (unpaired) electrons. The second kappa shape index (κ2) is 7.29. The molecule has 1 rings (SSSR count). The van der Waals surface area contributed by atoms with E-state index in [0.717, 1.165) is 5.56 Å². The number of rotatable bonds is 7. The number of ether oxygens (including phenoxy) is 2. The monoisotopic (exact) mass is 250 g/mol. The van der Waals surface area contributed by atoms with E-state index < -0.39 is 0 Å². The highest BCUT2D eigenvalue weighted by Gasteiger charge is 2.09. The summed E-state index contributed by atoms with van der Waals surface area (Å²) >= 11 is 0. The molecule has 1 aromatic rings. The molecule has 0 N–H and O–H groups in total. The zero-order valence-corrected chi connectivity index (χ0v) is 11.4. The number of ketones is 1. The maximum Gasteiger partial charge on any atom is 0.165 e. The van der Waals surface area contributed by atoms with Crippen LogP contribution in [0.5, 0.6) is 0 Å². The van der Waals surface area contributed by atoms with Crippen molar-refractivity contribution in [1.82, 2.24) is 0 Å². The summed E-state index contributed by atoms with van der Waals surface area (Å²) in [5.41, 5.74) is 0.607. The Morgan fingerprint density at radius 1 is 1.06 bits per heavy atom. The van der Waals surface area contributed by atoms with E-state index in [1.165, 1.54) is 0 Å². The van der Waals surface area contributed by atoms with Crippen LogP contribution in [-0.4, -0.2) is 31.2 Å². The zero-order chi connectivity index (χ0) is 13.4. The third-order valence-corrected chi connectivity index (χ3v) is 2.33. The van der Waals surface area contributed by atoms with Crippen LogP contribution < -0.4 is 0 Å². The topological polar surface area (TPSA) is 35.5 Å². The van der Waals surface area contributed by atoms with Gasteiger partial charge in [0.1, 0.15) is 0 Å². The summed E-state index contributed by atoms with van der Waals surface area (Å²) in [5, 5.41) is 0. The van der Waals surface area contributed by atoms with E-state index in [9.17, 15) is 4.79 Å². The van der Waals surface area contributed by atoms with Gasteiger partial charge in [0.05, 0.1) is 25.4 Å². The van der Waals surface area contributed by atoms with Gasteiger partial charge in [-0.1, -0.05) is 30.3 Å². The average Bonchev–Trinajstić information content (AvgIpc) is 2.33. The highest BCUT2D eigenvalue weighted by Crippen LogP contribution is 2.06. The molecule has 3 heteroatoms. The third-order valence-electron chi connectivity index (χ3n) is 2.33. The van der Waals surface area contributed by atoms with Gasteiger partial charge in [-0.2, -0.15) is 0 Å². The van der Waals surface area contributed by atoms with Crippen molar-refractivity contribution in [2.45, 2.75) is 32.8 Å². The molecular formula is C15H22O3. The first kappa shape index (κ1) is 14.9. The van der Waals surface area contributed by atoms with Gasteiger partial charge < -0.3 is 9.47 Å². The zero-order valence-electron chi connectivity index (χ0n) is 11.4. The molecule has 0 aliphatic rings. The van der Waals surface area contributed by atoms with Gasteiger partial charge in [-0.25, -0.2) is 0 Å². The quantitative estimate of drug-likeness (QED) is 0.551. The smallest absolute Gasteiger partial charge is 0.165 e. The molecule has 0 spiro atoms. The minimum Gasteiger partial charge on any atom is -0.379 e. The van der Waals surface area contributed by atoms with Gasteiger partial charge in [-0.05, 0) is 20.8 Å². The van der Waals surface area contributed by atoms with Gasteiger partial charge >= 0.3 is 0 Å². The summed E-state index contributed by atoms with van der Waals surface area (Å²) < 4.78 is 10.9. The van der Waals surface area contributed by atoms with Crippen LogP contribution in [0.4, 0.5) is 0 Å². The van der Waals surface area contributed by atoms with Crippen molar-refractivity contribution in [3.05, 3.63) is 35.9 Å². The van der Waals surface area contributed by atoms with Gasteiger partial charge in [-0.3, -0.25) is 4.79 Å². The highest BCUT2D eigenvalue weighted by atomic mass is 16.5. The van der Waals surface area contributed by atoms with Crippen molar-refractivity contribution in [1.29, 1.82) is 0 Å². The Balaban J connectivity index is 2.10. The Morgan fingerprint density at radius 3 is 2.33 bits per heavy atom. The second-order valence-corrected chi connectivity index (χ2v) is 5.11. The summed E-state index contributed by atoms with van der Waals surface area (Å²) in [4.78, 5) is 11.7. The Hall–Kier alpha value is -1.19. The molecule has 3 nitrogen and oxygen atoms in total. The summed E-state index contributed by atoms with van der Waals surface area (Å²) in [5.74, 6) is 0.118. The van der Waals surface area contributed by atoms with Gasteiger partial charge in [0.2, 0.25) is 0 Å². The van der Waals surface area contributed by atoms with E-state index in [2.05, 4.69) is 0 Å². The first-order valence-corrected chi connectivity index (χ1v) is 6.29. The number of hydrogen-bond acceptors (Lipinski definition) is 3. The van der Waals surface area contributed by atoms with Crippen molar-refractivity contribution in [2.24, 2.45) is 0 Å². The predicted molar refractivity (Wildman–Crippen MR) is 71.9 cm³/mol. The molecule has 0 aliphatic carbocycles. The first-order chi connectivity index (χ1) is 8.49. The van der Waals surface area contributed by atoms with Crippen molar-refractivity contribution in [3.63, 3.8) is 0 Å². The fraction of sp³-hybridized carbons (Fsp3) is 0.533. The molecule has 0 aromatic heterocycles. The van der Waals surface area contributed by atoms with E-state index >= 15 is 0 Å². The lowest BCUT2D eigenvalue weighted by Gasteiger charge is -2.19. The van der Waals surface area contributed by atoms with Crippen LogP contribution in [0.1, 0.15) is 37.6 Å². The van der Waals surface area contributed by atoms with E-state index in [-0.39, 0.29) is 11.4 Å². The van der Waals surface area contributed by atoms with Gasteiger partial charge in [-0.15, -0.1) is 0 Å². The van der Waals surface area contributed by atoms with Gasteiger partial charge in [0.25, 0.3) is 0 Å². The molecule has 0 saturated carbocycles. The Morgan fingerprint density at radius 2 is 1.72 bits per heavy atom. The van der Waals surface area contributed by atoms with Gasteiger partial charge in [0, 0.05) is 12.0 Å². The van der Waals surface area contributed by atoms with E-state index in [0.29, 0.717) is 26.2 Å². The largest absolute Gasteiger partial charge is 0.379 e. The standard InChI is InChI=1S/C15H22O3/c1-15(2,3)18-12-11-17-10-9-14(16)13-7-5-4-6-8-13/h4-8H,9-12H2,1-3H3. The van der Waals surface area contributed by atoms with E-state index in [4.69, 9.17) is 9.47 Å². The van der Waals surface area contributed by atoms with Crippen LogP contribution in [0.15, 0.2) is 30.3 Å². The molecule has 100 valence electrons. The van der Waals surface area contributed by atoms with Crippen LogP contribution >= 0.6 is 0 Å². The Labute approximate surface area is 109 Å². The van der Waals surface area contributed by atoms with Crippen molar-refractivity contribution in [3.8, 4) is 0 Å². The Kier molecular flexibility index (Phi) is 6.02. The highest BCUT2D eigenvalue weighted by molar-refractivity contribution is 5.96. The molecule has 0 unspecified atom stereocenters. The molecule has 0 saturated heterocycles. The van der Waals surface area contributed by atoms with Gasteiger partial charge in [0.15, 0.2) is 5.78 Å². The molecule has 0 amide bonds. The Bertz CT molecular complexity index is 352. The number of carbonyl (C=O) groups excluding carboxylic acids is 1. The number of Topliss-reactive ketones (excluding diaryl/α,β-unsaturated/α-hetero) is 1. The van der Waals surface area contributed by atoms with Crippen LogP contribution in [-0.2, 0) is 9.47 Å². The van der Waals surface area contributed by atoms with Crippen molar-refractivity contribution in [2.75, 3.05) is 19.8 Å². The lowest BCUT2D eigenvalue weighted by molar-refractivity contribution is -0.0345. The minimum atomic E-state index is -0.136. The molecule has 18 heavy (non-hydrogen) atoms. The molecule has 0 fully saturated rings. The van der Waals surface area contributed by atoms with E-state index in [1.807, 2.05) is 51.1 Å². The SMILES string of the molecule is CC(C)(C)OCCOCCC(=O)c1ccccc1. The third kappa shape index (κ3) is 6.52. The van der Waals surface area contributed by atoms with Crippen LogP contribution in [0.2, 0.25) is 0 Å². The lowest BCUT2D eigenvalue weighted by Crippen LogP contribution is -2.22. The summed E-state index contributed by atoms with van der Waals surface area (Å²) in [7, 11) is 0.